The van der Waals surface area contributed by atoms with Crippen molar-refractivity contribution in [2.24, 2.45) is 5.92 Å². The Morgan fingerprint density at radius 1 is 1.40 bits per heavy atom. The van der Waals surface area contributed by atoms with Gasteiger partial charge >= 0.3 is 0 Å². The van der Waals surface area contributed by atoms with Crippen LogP contribution in [0.15, 0.2) is 31.9 Å². The van der Waals surface area contributed by atoms with Crippen LogP contribution in [0.4, 0.5) is 0 Å². The molecule has 1 aromatic carbocycles. The van der Waals surface area contributed by atoms with Crippen LogP contribution in [0.5, 0.6) is 0 Å². The Morgan fingerprint density at radius 2 is 2.20 bits per heavy atom. The van der Waals surface area contributed by atoms with Crippen molar-refractivity contribution in [1.82, 2.24) is 14.7 Å². The number of rotatable bonds is 6. The summed E-state index contributed by atoms with van der Waals surface area (Å²) in [6.45, 7) is 8.29. The van der Waals surface area contributed by atoms with Gasteiger partial charge in [-0.2, -0.15) is 4.37 Å². The van der Waals surface area contributed by atoms with Gasteiger partial charge in [-0.25, -0.2) is 4.98 Å². The van der Waals surface area contributed by atoms with E-state index in [-0.39, 0.29) is 0 Å². The molecular formula is C14H18BrN3S2. The average molecular weight is 372 g/mol. The Bertz CT molecular complexity index is 569. The number of aryl methyl sites for hydroxylation is 1. The average Bonchev–Trinajstić information content (AvgIpc) is 2.78. The maximum absolute atomic E-state index is 4.38. The normalized spacial score (nSPS) is 11.2. The Balaban J connectivity index is 1.98. The topological polar surface area (TPSA) is 37.8 Å². The molecule has 2 rings (SSSR count). The zero-order valence-electron chi connectivity index (χ0n) is 11.8. The second kappa shape index (κ2) is 7.54. The summed E-state index contributed by atoms with van der Waals surface area (Å²) >= 11 is 6.73. The summed E-state index contributed by atoms with van der Waals surface area (Å²) < 4.78 is 6.29. The number of halogens is 1. The van der Waals surface area contributed by atoms with Crippen molar-refractivity contribution in [3.05, 3.63) is 34.1 Å². The first kappa shape index (κ1) is 15.9. The lowest BCUT2D eigenvalue weighted by Crippen LogP contribution is -2.18. The van der Waals surface area contributed by atoms with Crippen LogP contribution in [-0.2, 0) is 6.54 Å². The van der Waals surface area contributed by atoms with Crippen LogP contribution in [0.2, 0.25) is 0 Å². The van der Waals surface area contributed by atoms with Gasteiger partial charge in [0.25, 0.3) is 0 Å². The summed E-state index contributed by atoms with van der Waals surface area (Å²) in [4.78, 5) is 5.55. The minimum atomic E-state index is 0.675. The Labute approximate surface area is 136 Å². The SMILES string of the molecule is Cc1nsc(Sc2ccc(CNCC(C)C)cc2Br)n1. The van der Waals surface area contributed by atoms with Crippen molar-refractivity contribution < 1.29 is 0 Å². The highest BCUT2D eigenvalue weighted by Gasteiger charge is 2.07. The van der Waals surface area contributed by atoms with E-state index in [1.807, 2.05) is 6.92 Å². The van der Waals surface area contributed by atoms with E-state index in [4.69, 9.17) is 0 Å². The van der Waals surface area contributed by atoms with Crippen LogP contribution >= 0.6 is 39.2 Å². The highest BCUT2D eigenvalue weighted by molar-refractivity contribution is 9.10. The Hall–Kier alpha value is -0.430. The molecule has 2 aromatic rings. The monoisotopic (exact) mass is 371 g/mol. The van der Waals surface area contributed by atoms with Crippen molar-refractivity contribution in [2.75, 3.05) is 6.54 Å². The smallest absolute Gasteiger partial charge is 0.174 e. The quantitative estimate of drug-likeness (QED) is 0.810. The number of hydrogen-bond acceptors (Lipinski definition) is 5. The van der Waals surface area contributed by atoms with Gasteiger partial charge in [0, 0.05) is 15.9 Å². The van der Waals surface area contributed by atoms with Gasteiger partial charge in [0.05, 0.1) is 0 Å². The standard InChI is InChI=1S/C14H18BrN3S2/c1-9(2)7-16-8-11-4-5-13(12(15)6-11)19-14-17-10(3)18-20-14/h4-6,9,16H,7-8H2,1-3H3. The number of aromatic nitrogens is 2. The molecule has 0 spiro atoms. The lowest BCUT2D eigenvalue weighted by atomic mass is 10.2. The second-order valence-corrected chi connectivity index (χ2v) is 7.89. The highest BCUT2D eigenvalue weighted by atomic mass is 79.9. The van der Waals surface area contributed by atoms with Gasteiger partial charge in [0.2, 0.25) is 0 Å². The zero-order valence-corrected chi connectivity index (χ0v) is 15.0. The lowest BCUT2D eigenvalue weighted by molar-refractivity contribution is 0.552. The first-order valence-electron chi connectivity index (χ1n) is 6.52. The third-order valence-electron chi connectivity index (χ3n) is 2.58. The summed E-state index contributed by atoms with van der Waals surface area (Å²) in [5.74, 6) is 1.51. The largest absolute Gasteiger partial charge is 0.312 e. The van der Waals surface area contributed by atoms with Crippen LogP contribution in [0.1, 0.15) is 25.2 Å². The van der Waals surface area contributed by atoms with E-state index in [0.717, 1.165) is 27.7 Å². The molecule has 0 bridgehead atoms. The summed E-state index contributed by atoms with van der Waals surface area (Å²) in [5, 5.41) is 3.45. The van der Waals surface area contributed by atoms with Crippen LogP contribution in [-0.4, -0.2) is 15.9 Å². The first-order valence-corrected chi connectivity index (χ1v) is 8.90. The number of nitrogens with zero attached hydrogens (tertiary/aromatic N) is 2. The van der Waals surface area contributed by atoms with Crippen molar-refractivity contribution in [1.29, 1.82) is 0 Å². The van der Waals surface area contributed by atoms with Crippen molar-refractivity contribution >= 4 is 39.2 Å². The van der Waals surface area contributed by atoms with E-state index in [0.29, 0.717) is 5.92 Å². The third kappa shape index (κ3) is 4.84. The number of hydrogen-bond donors (Lipinski definition) is 1. The van der Waals surface area contributed by atoms with E-state index >= 15 is 0 Å². The molecule has 6 heteroatoms. The minimum Gasteiger partial charge on any atom is -0.312 e. The Morgan fingerprint density at radius 3 is 2.80 bits per heavy atom. The molecule has 0 aliphatic rings. The molecule has 0 unspecified atom stereocenters. The molecule has 0 aliphatic carbocycles. The van der Waals surface area contributed by atoms with Gasteiger partial charge in [-0.1, -0.05) is 31.7 Å². The van der Waals surface area contributed by atoms with Crippen LogP contribution in [0, 0.1) is 12.8 Å². The first-order chi connectivity index (χ1) is 9.54. The Kier molecular flexibility index (Phi) is 6.01. The molecule has 1 heterocycles. The van der Waals surface area contributed by atoms with Crippen molar-refractivity contribution in [3.8, 4) is 0 Å². The summed E-state index contributed by atoms with van der Waals surface area (Å²) in [5.41, 5.74) is 1.29. The fourth-order valence-corrected chi connectivity index (χ4v) is 3.94. The predicted molar refractivity (Wildman–Crippen MR) is 89.5 cm³/mol. The molecule has 1 N–H and O–H groups in total. The third-order valence-corrected chi connectivity index (χ3v) is 5.42. The number of nitrogens with one attached hydrogen (secondary N) is 1. The van der Waals surface area contributed by atoms with Crippen LogP contribution in [0.25, 0.3) is 0 Å². The van der Waals surface area contributed by atoms with Gasteiger partial charge in [-0.15, -0.1) is 0 Å². The van der Waals surface area contributed by atoms with E-state index < -0.39 is 0 Å². The summed E-state index contributed by atoms with van der Waals surface area (Å²) in [6, 6.07) is 6.47. The molecule has 0 amide bonds. The van der Waals surface area contributed by atoms with Crippen LogP contribution in [0.3, 0.4) is 0 Å². The van der Waals surface area contributed by atoms with Gasteiger partial charge in [0.15, 0.2) is 4.34 Å². The van der Waals surface area contributed by atoms with E-state index in [1.165, 1.54) is 22.0 Å². The second-order valence-electron chi connectivity index (χ2n) is 5.00. The molecular weight excluding hydrogens is 354 g/mol. The van der Waals surface area contributed by atoms with Gasteiger partial charge < -0.3 is 5.32 Å². The van der Waals surface area contributed by atoms with Gasteiger partial charge in [0.1, 0.15) is 5.82 Å². The molecule has 3 nitrogen and oxygen atoms in total. The molecule has 0 fully saturated rings. The van der Waals surface area contributed by atoms with Crippen molar-refractivity contribution in [2.45, 2.75) is 36.6 Å². The lowest BCUT2D eigenvalue weighted by Gasteiger charge is -2.09. The molecule has 0 atom stereocenters. The zero-order chi connectivity index (χ0) is 14.5. The fraction of sp³-hybridized carbons (Fsp3) is 0.429. The van der Waals surface area contributed by atoms with E-state index in [9.17, 15) is 0 Å². The predicted octanol–water partition coefficient (Wildman–Crippen LogP) is 4.51. The molecule has 0 aliphatic heterocycles. The summed E-state index contributed by atoms with van der Waals surface area (Å²) in [7, 11) is 0. The molecule has 20 heavy (non-hydrogen) atoms. The molecule has 0 saturated heterocycles. The van der Waals surface area contributed by atoms with Gasteiger partial charge in [-0.3, -0.25) is 0 Å². The molecule has 1 aromatic heterocycles. The summed E-state index contributed by atoms with van der Waals surface area (Å²) in [6.07, 6.45) is 0. The fourth-order valence-electron chi connectivity index (χ4n) is 1.66. The number of benzene rings is 1. The van der Waals surface area contributed by atoms with Gasteiger partial charge in [-0.05, 0) is 64.5 Å². The molecule has 0 saturated carbocycles. The van der Waals surface area contributed by atoms with Crippen LogP contribution < -0.4 is 5.32 Å². The maximum atomic E-state index is 4.38. The van der Waals surface area contributed by atoms with Crippen molar-refractivity contribution in [3.63, 3.8) is 0 Å². The molecule has 108 valence electrons. The molecule has 0 radical (unpaired) electrons. The minimum absolute atomic E-state index is 0.675. The van der Waals surface area contributed by atoms with E-state index in [2.05, 4.69) is 62.7 Å². The van der Waals surface area contributed by atoms with E-state index in [1.54, 1.807) is 11.8 Å². The highest BCUT2D eigenvalue weighted by Crippen LogP contribution is 2.34. The maximum Gasteiger partial charge on any atom is 0.174 e.